The van der Waals surface area contributed by atoms with Crippen LogP contribution in [0.2, 0.25) is 0 Å². The molecule has 0 unspecified atom stereocenters. The van der Waals surface area contributed by atoms with Crippen LogP contribution in [0.25, 0.3) is 0 Å². The number of aliphatic hydroxyl groups is 2. The highest BCUT2D eigenvalue weighted by Crippen LogP contribution is 2.52. The quantitative estimate of drug-likeness (QED) is 0.753. The van der Waals surface area contributed by atoms with E-state index in [1.807, 2.05) is 0 Å². The van der Waals surface area contributed by atoms with Gasteiger partial charge in [-0.3, -0.25) is 0 Å². The lowest BCUT2D eigenvalue weighted by Gasteiger charge is -2.50. The van der Waals surface area contributed by atoms with E-state index < -0.39 is 23.6 Å². The van der Waals surface area contributed by atoms with Gasteiger partial charge in [0.25, 0.3) is 6.29 Å². The first-order valence-electron chi connectivity index (χ1n) is 10.8. The molecule has 6 heteroatoms. The van der Waals surface area contributed by atoms with Crippen molar-refractivity contribution in [3.8, 4) is 0 Å². The van der Waals surface area contributed by atoms with Gasteiger partial charge in [-0.25, -0.2) is 9.59 Å². The average Bonchev–Trinajstić information content (AvgIpc) is 2.82. The average molecular weight is 402 g/mol. The third kappa shape index (κ3) is 3.92. The Labute approximate surface area is 171 Å². The summed E-state index contributed by atoms with van der Waals surface area (Å²) >= 11 is 0. The summed E-state index contributed by atoms with van der Waals surface area (Å²) in [4.78, 5) is 25.5. The number of rotatable bonds is 3. The van der Waals surface area contributed by atoms with Gasteiger partial charge in [-0.2, -0.15) is 0 Å². The number of fused-ring (bicyclic) bond motifs is 6. The van der Waals surface area contributed by atoms with Crippen LogP contribution in [0.4, 0.5) is 0 Å². The fourth-order valence-corrected chi connectivity index (χ4v) is 5.46. The molecule has 0 atom stereocenters. The molecule has 2 saturated carbocycles. The molecule has 29 heavy (non-hydrogen) atoms. The molecule has 2 bridgehead atoms. The van der Waals surface area contributed by atoms with Crippen molar-refractivity contribution in [2.45, 2.75) is 76.8 Å². The van der Waals surface area contributed by atoms with Crippen molar-refractivity contribution >= 4 is 11.9 Å². The van der Waals surface area contributed by atoms with Gasteiger partial charge in [0.1, 0.15) is 0 Å². The van der Waals surface area contributed by atoms with E-state index in [9.17, 15) is 19.8 Å². The van der Waals surface area contributed by atoms with E-state index in [4.69, 9.17) is 9.47 Å². The molecule has 6 nitrogen and oxygen atoms in total. The molecule has 2 N–H and O–H groups in total. The Hall–Kier alpha value is -1.92. The molecular weight excluding hydrogens is 372 g/mol. The molecular formula is C23H30O6. The minimum atomic E-state index is -0.993. The van der Waals surface area contributed by atoms with Crippen LogP contribution in [-0.4, -0.2) is 40.6 Å². The van der Waals surface area contributed by atoms with Crippen molar-refractivity contribution < 1.29 is 29.3 Å². The van der Waals surface area contributed by atoms with Gasteiger partial charge in [0, 0.05) is 5.41 Å². The summed E-state index contributed by atoms with van der Waals surface area (Å²) in [6.07, 6.45) is 4.38. The maximum absolute atomic E-state index is 12.8. The molecule has 0 aromatic heterocycles. The molecule has 4 aliphatic rings. The molecule has 2 heterocycles. The van der Waals surface area contributed by atoms with Crippen molar-refractivity contribution in [2.75, 3.05) is 0 Å². The molecule has 0 radical (unpaired) electrons. The van der Waals surface area contributed by atoms with Crippen molar-refractivity contribution in [2.24, 2.45) is 17.3 Å². The lowest BCUT2D eigenvalue weighted by molar-refractivity contribution is -0.192. The number of ether oxygens (including phenoxy) is 2. The van der Waals surface area contributed by atoms with Crippen LogP contribution >= 0.6 is 0 Å². The maximum Gasteiger partial charge on any atom is 0.341 e. The summed E-state index contributed by atoms with van der Waals surface area (Å²) in [6, 6.07) is 6.36. The zero-order valence-electron chi connectivity index (χ0n) is 16.9. The zero-order chi connectivity index (χ0) is 20.6. The topological polar surface area (TPSA) is 93.1 Å². The van der Waals surface area contributed by atoms with Gasteiger partial charge in [-0.1, -0.05) is 6.92 Å². The fraction of sp³-hybridized carbons (Fsp3) is 0.652. The predicted octanol–water partition coefficient (Wildman–Crippen LogP) is 3.45. The summed E-state index contributed by atoms with van der Waals surface area (Å²) in [7, 11) is 0. The highest BCUT2D eigenvalue weighted by atomic mass is 16.7. The molecule has 1 aromatic carbocycles. The zero-order valence-corrected chi connectivity index (χ0v) is 16.9. The molecule has 2 fully saturated rings. The second kappa shape index (κ2) is 8.07. The normalized spacial score (nSPS) is 33.1. The molecule has 2 aliphatic carbocycles. The minimum Gasteiger partial charge on any atom is -0.421 e. The summed E-state index contributed by atoms with van der Waals surface area (Å²) in [6.45, 7) is 2.07. The van der Waals surface area contributed by atoms with Crippen molar-refractivity contribution in [3.63, 3.8) is 0 Å². The molecule has 0 saturated heterocycles. The first-order valence-corrected chi connectivity index (χ1v) is 10.8. The van der Waals surface area contributed by atoms with E-state index in [0.29, 0.717) is 36.8 Å². The van der Waals surface area contributed by atoms with E-state index in [1.54, 1.807) is 24.3 Å². The highest BCUT2D eigenvalue weighted by molar-refractivity contribution is 5.94. The maximum atomic E-state index is 12.8. The molecule has 1 aromatic rings. The summed E-state index contributed by atoms with van der Waals surface area (Å²) in [5, 5.41) is 20.0. The van der Waals surface area contributed by atoms with Gasteiger partial charge < -0.3 is 19.7 Å². The smallest absolute Gasteiger partial charge is 0.341 e. The Morgan fingerprint density at radius 2 is 1.07 bits per heavy atom. The Bertz CT molecular complexity index is 682. The van der Waals surface area contributed by atoms with Crippen LogP contribution in [-0.2, 0) is 9.47 Å². The second-order valence-corrected chi connectivity index (χ2v) is 9.10. The first kappa shape index (κ1) is 20.4. The van der Waals surface area contributed by atoms with Gasteiger partial charge in [0.2, 0.25) is 0 Å². The van der Waals surface area contributed by atoms with E-state index >= 15 is 0 Å². The van der Waals surface area contributed by atoms with Crippen LogP contribution in [0.3, 0.4) is 0 Å². The van der Waals surface area contributed by atoms with Gasteiger partial charge >= 0.3 is 11.9 Å². The van der Waals surface area contributed by atoms with Gasteiger partial charge in [0.05, 0.1) is 23.3 Å². The van der Waals surface area contributed by atoms with Crippen molar-refractivity contribution in [3.05, 3.63) is 35.4 Å². The number of aliphatic hydroxyl groups excluding tert-OH is 2. The molecule has 0 amide bonds. The summed E-state index contributed by atoms with van der Waals surface area (Å²) in [5.41, 5.74) is 0.228. The Morgan fingerprint density at radius 3 is 1.41 bits per heavy atom. The van der Waals surface area contributed by atoms with E-state index in [1.165, 1.54) is 0 Å². The first-order chi connectivity index (χ1) is 13.9. The lowest BCUT2D eigenvalue weighted by atomic mass is 9.59. The van der Waals surface area contributed by atoms with Crippen LogP contribution in [0.5, 0.6) is 0 Å². The third-order valence-electron chi connectivity index (χ3n) is 7.45. The summed E-state index contributed by atoms with van der Waals surface area (Å²) < 4.78 is 11.7. The van der Waals surface area contributed by atoms with Crippen LogP contribution < -0.4 is 0 Å². The van der Waals surface area contributed by atoms with E-state index in [2.05, 4.69) is 6.92 Å². The summed E-state index contributed by atoms with van der Waals surface area (Å²) in [5.74, 6) is -0.666. The van der Waals surface area contributed by atoms with Crippen LogP contribution in [0.15, 0.2) is 24.3 Å². The Kier molecular flexibility index (Phi) is 5.67. The lowest BCUT2D eigenvalue weighted by Crippen LogP contribution is -2.51. The second-order valence-electron chi connectivity index (χ2n) is 9.10. The standard InChI is InChI=1S/C23H30O6/c1-23(16-6-10-18(24)11-7-16,17-8-12-19(25)13-9-17)22-28-20(26)14-2-3-15(5-4-14)21(27)29-22/h2-5,16-19,22,24-25H,6-13H2,1H3. The fourth-order valence-electron chi connectivity index (χ4n) is 5.46. The number of hydrogen-bond acceptors (Lipinski definition) is 6. The van der Waals surface area contributed by atoms with Crippen molar-refractivity contribution in [1.29, 1.82) is 0 Å². The number of benzene rings is 1. The number of hydrogen-bond donors (Lipinski definition) is 2. The van der Waals surface area contributed by atoms with Crippen molar-refractivity contribution in [1.82, 2.24) is 0 Å². The van der Waals surface area contributed by atoms with E-state index in [0.717, 1.165) is 25.7 Å². The van der Waals surface area contributed by atoms with Crippen LogP contribution in [0, 0.1) is 17.3 Å². The third-order valence-corrected chi connectivity index (χ3v) is 7.45. The molecule has 5 rings (SSSR count). The Morgan fingerprint density at radius 1 is 0.724 bits per heavy atom. The number of carbonyl (C=O) groups is 2. The number of carbonyl (C=O) groups excluding carboxylic acids is 2. The van der Waals surface area contributed by atoms with E-state index in [-0.39, 0.29) is 24.0 Å². The molecule has 2 aliphatic heterocycles. The largest absolute Gasteiger partial charge is 0.421 e. The van der Waals surface area contributed by atoms with Gasteiger partial charge in [-0.15, -0.1) is 0 Å². The highest BCUT2D eigenvalue weighted by Gasteiger charge is 2.52. The minimum absolute atomic E-state index is 0.158. The monoisotopic (exact) mass is 402 g/mol. The van der Waals surface area contributed by atoms with Gasteiger partial charge in [0.15, 0.2) is 0 Å². The SMILES string of the molecule is CC(C1CCC(O)CC1)(C1CCC(O)CC1)C1OC(=O)c2ccc(cc2)C(=O)O1. The predicted molar refractivity (Wildman–Crippen MR) is 105 cm³/mol. The van der Waals surface area contributed by atoms with Crippen LogP contribution in [0.1, 0.15) is 79.0 Å². The van der Waals surface area contributed by atoms with Gasteiger partial charge in [-0.05, 0) is 87.5 Å². The number of esters is 2. The Balaban J connectivity index is 1.68. The molecule has 158 valence electrons. The molecule has 0 spiro atoms.